The summed E-state index contributed by atoms with van der Waals surface area (Å²) in [7, 11) is 0. The summed E-state index contributed by atoms with van der Waals surface area (Å²) in [6.07, 6.45) is 1.65. The first-order chi connectivity index (χ1) is 9.81. The summed E-state index contributed by atoms with van der Waals surface area (Å²) in [6, 6.07) is 16.0. The molecule has 1 aromatic heterocycles. The fraction of sp³-hybridized carbons (Fsp3) is 0. The minimum absolute atomic E-state index is 0.260. The highest BCUT2D eigenvalue weighted by Crippen LogP contribution is 2.27. The maximum absolute atomic E-state index is 12.8. The molecular weight excluding hydrogens is 273 g/mol. The van der Waals surface area contributed by atoms with Crippen molar-refractivity contribution < 1.29 is 4.39 Å². The Balaban J connectivity index is 1.79. The number of benzene rings is 2. The first kappa shape index (κ1) is 12.6. The van der Waals surface area contributed by atoms with Crippen LogP contribution in [0.1, 0.15) is 5.56 Å². The Hall–Kier alpha value is -2.40. The van der Waals surface area contributed by atoms with Gasteiger partial charge in [-0.3, -0.25) is 0 Å². The van der Waals surface area contributed by atoms with Gasteiger partial charge < -0.3 is 0 Å². The lowest BCUT2D eigenvalue weighted by molar-refractivity contribution is 0.628. The van der Waals surface area contributed by atoms with E-state index in [1.54, 1.807) is 18.3 Å². The predicted octanol–water partition coefficient (Wildman–Crippen LogP) is 4.09. The molecule has 5 heteroatoms. The second-order valence-electron chi connectivity index (χ2n) is 4.07. The van der Waals surface area contributed by atoms with Crippen LogP contribution in [-0.4, -0.2) is 16.4 Å². The third-order valence-electron chi connectivity index (χ3n) is 2.63. The second-order valence-corrected chi connectivity index (χ2v) is 5.02. The van der Waals surface area contributed by atoms with Gasteiger partial charge in [0.2, 0.25) is 5.13 Å². The minimum atomic E-state index is -0.260. The SMILES string of the molecule is Fc1ccc(C=Nc2nnc(-c3ccccc3)s2)cc1. The zero-order valence-corrected chi connectivity index (χ0v) is 11.2. The van der Waals surface area contributed by atoms with Crippen LogP contribution in [0, 0.1) is 5.82 Å². The van der Waals surface area contributed by atoms with Crippen LogP contribution >= 0.6 is 11.3 Å². The minimum Gasteiger partial charge on any atom is -0.226 e. The summed E-state index contributed by atoms with van der Waals surface area (Å²) in [5.74, 6) is -0.260. The van der Waals surface area contributed by atoms with Crippen LogP contribution < -0.4 is 0 Å². The molecule has 0 bridgehead atoms. The molecule has 0 saturated heterocycles. The summed E-state index contributed by atoms with van der Waals surface area (Å²) in [6.45, 7) is 0. The lowest BCUT2D eigenvalue weighted by Gasteiger charge is -1.91. The van der Waals surface area contributed by atoms with Gasteiger partial charge in [0.15, 0.2) is 0 Å². The molecule has 0 amide bonds. The quantitative estimate of drug-likeness (QED) is 0.679. The lowest BCUT2D eigenvalue weighted by atomic mass is 10.2. The fourth-order valence-corrected chi connectivity index (χ4v) is 2.34. The largest absolute Gasteiger partial charge is 0.231 e. The Morgan fingerprint density at radius 1 is 0.950 bits per heavy atom. The van der Waals surface area contributed by atoms with E-state index in [1.807, 2.05) is 30.3 Å². The summed E-state index contributed by atoms with van der Waals surface area (Å²) < 4.78 is 12.8. The molecule has 0 saturated carbocycles. The number of aromatic nitrogens is 2. The van der Waals surface area contributed by atoms with E-state index in [0.29, 0.717) is 5.13 Å². The third-order valence-corrected chi connectivity index (χ3v) is 3.51. The van der Waals surface area contributed by atoms with Gasteiger partial charge in [0.25, 0.3) is 0 Å². The monoisotopic (exact) mass is 283 g/mol. The molecule has 2 aromatic carbocycles. The van der Waals surface area contributed by atoms with Crippen molar-refractivity contribution >= 4 is 22.7 Å². The molecule has 0 spiro atoms. The smallest absolute Gasteiger partial charge is 0.226 e. The maximum atomic E-state index is 12.8. The molecule has 3 nitrogen and oxygen atoms in total. The van der Waals surface area contributed by atoms with E-state index in [1.165, 1.54) is 23.5 Å². The number of hydrogen-bond acceptors (Lipinski definition) is 4. The molecule has 0 fully saturated rings. The van der Waals surface area contributed by atoms with Crippen molar-refractivity contribution in [3.63, 3.8) is 0 Å². The van der Waals surface area contributed by atoms with Gasteiger partial charge in [0.1, 0.15) is 10.8 Å². The Morgan fingerprint density at radius 3 is 2.45 bits per heavy atom. The number of aliphatic imine (C=N–C) groups is 1. The molecule has 0 unspecified atom stereocenters. The average Bonchev–Trinajstić information content (AvgIpc) is 2.97. The highest BCUT2D eigenvalue weighted by Gasteiger charge is 2.04. The first-order valence-electron chi connectivity index (χ1n) is 6.00. The van der Waals surface area contributed by atoms with Crippen molar-refractivity contribution in [2.75, 3.05) is 0 Å². The van der Waals surface area contributed by atoms with Crippen molar-refractivity contribution in [2.24, 2.45) is 4.99 Å². The Bertz CT molecular complexity index is 720. The number of rotatable bonds is 3. The van der Waals surface area contributed by atoms with E-state index in [4.69, 9.17) is 0 Å². The molecular formula is C15H10FN3S. The summed E-state index contributed by atoms with van der Waals surface area (Å²) in [4.78, 5) is 4.25. The van der Waals surface area contributed by atoms with E-state index in [0.717, 1.165) is 16.1 Å². The van der Waals surface area contributed by atoms with Gasteiger partial charge in [-0.2, -0.15) is 0 Å². The van der Waals surface area contributed by atoms with Gasteiger partial charge in [-0.25, -0.2) is 9.38 Å². The molecule has 1 heterocycles. The van der Waals surface area contributed by atoms with E-state index in [9.17, 15) is 4.39 Å². The van der Waals surface area contributed by atoms with E-state index in [2.05, 4.69) is 15.2 Å². The van der Waals surface area contributed by atoms with Gasteiger partial charge in [0, 0.05) is 11.8 Å². The topological polar surface area (TPSA) is 38.1 Å². The Labute approximate surface area is 119 Å². The van der Waals surface area contributed by atoms with Gasteiger partial charge in [0.05, 0.1) is 0 Å². The van der Waals surface area contributed by atoms with Crippen LogP contribution in [0.2, 0.25) is 0 Å². The Morgan fingerprint density at radius 2 is 1.70 bits per heavy atom. The molecule has 0 aliphatic carbocycles. The molecule has 3 rings (SSSR count). The normalized spacial score (nSPS) is 11.1. The molecule has 0 radical (unpaired) electrons. The van der Waals surface area contributed by atoms with Crippen molar-refractivity contribution in [3.8, 4) is 10.6 Å². The maximum Gasteiger partial charge on any atom is 0.231 e. The fourth-order valence-electron chi connectivity index (χ4n) is 1.64. The van der Waals surface area contributed by atoms with E-state index < -0.39 is 0 Å². The van der Waals surface area contributed by atoms with Gasteiger partial charge >= 0.3 is 0 Å². The Kier molecular flexibility index (Phi) is 3.60. The lowest BCUT2D eigenvalue weighted by Crippen LogP contribution is -1.80. The molecule has 0 aliphatic rings. The standard InChI is InChI=1S/C15H10FN3S/c16-13-8-6-11(7-9-13)10-17-15-19-18-14(20-15)12-4-2-1-3-5-12/h1-10H. The van der Waals surface area contributed by atoms with Crippen molar-refractivity contribution in [3.05, 3.63) is 66.0 Å². The van der Waals surface area contributed by atoms with Crippen molar-refractivity contribution in [2.45, 2.75) is 0 Å². The van der Waals surface area contributed by atoms with Crippen LogP contribution in [0.3, 0.4) is 0 Å². The van der Waals surface area contributed by atoms with Gasteiger partial charge in [-0.05, 0) is 17.7 Å². The van der Waals surface area contributed by atoms with Crippen LogP contribution in [0.4, 0.5) is 9.52 Å². The van der Waals surface area contributed by atoms with Crippen LogP contribution in [0.15, 0.2) is 59.6 Å². The zero-order valence-electron chi connectivity index (χ0n) is 10.4. The molecule has 20 heavy (non-hydrogen) atoms. The number of hydrogen-bond donors (Lipinski definition) is 0. The van der Waals surface area contributed by atoms with Crippen LogP contribution in [0.25, 0.3) is 10.6 Å². The van der Waals surface area contributed by atoms with Gasteiger partial charge in [-0.1, -0.05) is 53.8 Å². The molecule has 3 aromatic rings. The highest BCUT2D eigenvalue weighted by molar-refractivity contribution is 7.18. The third kappa shape index (κ3) is 2.95. The van der Waals surface area contributed by atoms with E-state index >= 15 is 0 Å². The summed E-state index contributed by atoms with van der Waals surface area (Å²) >= 11 is 1.41. The zero-order chi connectivity index (χ0) is 13.8. The van der Waals surface area contributed by atoms with Crippen LogP contribution in [-0.2, 0) is 0 Å². The van der Waals surface area contributed by atoms with Crippen LogP contribution in [0.5, 0.6) is 0 Å². The second kappa shape index (κ2) is 5.71. The summed E-state index contributed by atoms with van der Waals surface area (Å²) in [5, 5.41) is 9.54. The highest BCUT2D eigenvalue weighted by atomic mass is 32.1. The van der Waals surface area contributed by atoms with E-state index in [-0.39, 0.29) is 5.82 Å². The number of nitrogens with zero attached hydrogens (tertiary/aromatic N) is 3. The number of halogens is 1. The van der Waals surface area contributed by atoms with Gasteiger partial charge in [-0.15, -0.1) is 10.2 Å². The average molecular weight is 283 g/mol. The molecule has 0 N–H and O–H groups in total. The summed E-state index contributed by atoms with van der Waals surface area (Å²) in [5.41, 5.74) is 1.84. The molecule has 0 atom stereocenters. The van der Waals surface area contributed by atoms with Crippen molar-refractivity contribution in [1.29, 1.82) is 0 Å². The van der Waals surface area contributed by atoms with Crippen molar-refractivity contribution in [1.82, 2.24) is 10.2 Å². The molecule has 98 valence electrons. The molecule has 0 aliphatic heterocycles. The first-order valence-corrected chi connectivity index (χ1v) is 6.81. The predicted molar refractivity (Wildman–Crippen MR) is 79.0 cm³/mol.